The number of ether oxygens (including phenoxy) is 2. The first-order valence-electron chi connectivity index (χ1n) is 17.1. The van der Waals surface area contributed by atoms with Gasteiger partial charge in [-0.15, -0.1) is 0 Å². The molecule has 0 aliphatic heterocycles. The second-order valence-corrected chi connectivity index (χ2v) is 14.4. The minimum atomic E-state index is -0.704. The summed E-state index contributed by atoms with van der Waals surface area (Å²) in [4.78, 5) is 0. The fourth-order valence-corrected chi connectivity index (χ4v) is 9.19. The molecule has 5 aromatic carbocycles. The lowest BCUT2D eigenvalue weighted by molar-refractivity contribution is 0.202. The van der Waals surface area contributed by atoms with Crippen LogP contribution in [0.4, 0.5) is 0 Å². The highest BCUT2D eigenvalue weighted by Gasteiger charge is 2.42. The summed E-state index contributed by atoms with van der Waals surface area (Å²) in [6, 6.07) is 39.2. The predicted octanol–water partition coefficient (Wildman–Crippen LogP) is 8.31. The van der Waals surface area contributed by atoms with Gasteiger partial charge in [-0.3, -0.25) is 0 Å². The lowest BCUT2D eigenvalue weighted by atomic mass is 9.62. The monoisotopic (exact) mass is 702 g/mol. The molecule has 0 unspecified atom stereocenters. The molecule has 2 aliphatic carbocycles. The number of thiophene rings is 2. The van der Waals surface area contributed by atoms with Crippen LogP contribution >= 0.6 is 22.7 Å². The summed E-state index contributed by atoms with van der Waals surface area (Å²) >= 11 is 3.30. The zero-order chi connectivity index (χ0) is 34.4. The Morgan fingerprint density at radius 2 is 1.24 bits per heavy atom. The molecule has 0 saturated carbocycles. The first-order chi connectivity index (χ1) is 25.2. The molecule has 2 aromatic heterocycles. The van der Waals surface area contributed by atoms with E-state index in [-0.39, 0.29) is 26.4 Å². The van der Waals surface area contributed by atoms with Crippen molar-refractivity contribution in [1.29, 1.82) is 0 Å². The average molecular weight is 703 g/mol. The van der Waals surface area contributed by atoms with Crippen LogP contribution < -0.4 is 19.9 Å². The topological polar surface area (TPSA) is 58.9 Å². The lowest BCUT2D eigenvalue weighted by Crippen LogP contribution is -2.33. The molecule has 0 amide bonds. The second-order valence-electron chi connectivity index (χ2n) is 12.8. The van der Waals surface area contributed by atoms with Crippen molar-refractivity contribution in [3.05, 3.63) is 175 Å². The van der Waals surface area contributed by atoms with Crippen LogP contribution in [0.2, 0.25) is 0 Å². The van der Waals surface area contributed by atoms with Crippen LogP contribution in [0.3, 0.4) is 0 Å². The van der Waals surface area contributed by atoms with Crippen molar-refractivity contribution in [3.63, 3.8) is 0 Å². The SMILES string of the molecule is OCCOc1ccc(C2(c3ccc(OCCO)c(-c4ccsc4)c3)C=C3C=c4ccc5ccccc5c4=C3c3ccccc32)cc1-c1ccsc1. The van der Waals surface area contributed by atoms with Crippen LogP contribution in [0.1, 0.15) is 22.3 Å². The van der Waals surface area contributed by atoms with Crippen molar-refractivity contribution < 1.29 is 19.7 Å². The van der Waals surface area contributed by atoms with E-state index in [1.807, 2.05) is 0 Å². The molecule has 7 aromatic rings. The Kier molecular flexibility index (Phi) is 8.17. The molecule has 0 atom stereocenters. The third kappa shape index (κ3) is 5.26. The summed E-state index contributed by atoms with van der Waals surface area (Å²) < 4.78 is 12.3. The van der Waals surface area contributed by atoms with Crippen molar-refractivity contribution in [2.75, 3.05) is 26.4 Å². The first-order valence-corrected chi connectivity index (χ1v) is 19.0. The maximum atomic E-state index is 9.65. The Balaban J connectivity index is 1.38. The molecule has 2 heterocycles. The smallest absolute Gasteiger partial charge is 0.127 e. The van der Waals surface area contributed by atoms with Crippen molar-refractivity contribution in [2.24, 2.45) is 0 Å². The summed E-state index contributed by atoms with van der Waals surface area (Å²) in [5.74, 6) is 1.48. The van der Waals surface area contributed by atoms with Crippen LogP contribution in [0.5, 0.6) is 11.5 Å². The van der Waals surface area contributed by atoms with E-state index >= 15 is 0 Å². The third-order valence-corrected chi connectivity index (χ3v) is 11.4. The standard InChI is InChI=1S/C45H34O4S2/c46-17-19-48-41-13-11-34(24-38(41)31-15-21-50-27-31)45(35-12-14-42(49-20-18-47)39(25-35)32-16-22-51-28-32)26-33-23-30-10-9-29-5-1-2-6-36(29)43(30)44(33)37-7-3-4-8-40(37)45/h1-16,21-28,46-47H,17-20H2. The van der Waals surface area contributed by atoms with Crippen LogP contribution in [0, 0.1) is 0 Å². The Labute approximate surface area is 304 Å². The number of benzene rings is 5. The van der Waals surface area contributed by atoms with Crippen molar-refractivity contribution in [1.82, 2.24) is 0 Å². The quantitative estimate of drug-likeness (QED) is 0.151. The molecule has 0 bridgehead atoms. The average Bonchev–Trinajstić information content (AvgIpc) is 3.98. The molecule has 4 nitrogen and oxygen atoms in total. The van der Waals surface area contributed by atoms with E-state index in [1.54, 1.807) is 22.7 Å². The van der Waals surface area contributed by atoms with E-state index < -0.39 is 5.41 Å². The Morgan fingerprint density at radius 1 is 0.608 bits per heavy atom. The second kappa shape index (κ2) is 13.1. The van der Waals surface area contributed by atoms with E-state index in [1.165, 1.54) is 43.5 Å². The molecule has 2 aliphatic rings. The molecular weight excluding hydrogens is 669 g/mol. The van der Waals surface area contributed by atoms with Crippen molar-refractivity contribution in [3.8, 4) is 33.8 Å². The molecular formula is C45H34O4S2. The van der Waals surface area contributed by atoms with E-state index in [4.69, 9.17) is 9.47 Å². The van der Waals surface area contributed by atoms with Crippen LogP contribution in [0.25, 0.3) is 44.7 Å². The summed E-state index contributed by atoms with van der Waals surface area (Å²) in [6.07, 6.45) is 4.81. The van der Waals surface area contributed by atoms with Gasteiger partial charge in [0.25, 0.3) is 0 Å². The van der Waals surface area contributed by atoms with Gasteiger partial charge in [0.1, 0.15) is 24.7 Å². The molecule has 51 heavy (non-hydrogen) atoms. The van der Waals surface area contributed by atoms with Gasteiger partial charge in [-0.05, 0) is 130 Å². The molecule has 250 valence electrons. The normalized spacial score (nSPS) is 14.0. The largest absolute Gasteiger partial charge is 0.491 e. The van der Waals surface area contributed by atoms with E-state index in [9.17, 15) is 10.2 Å². The zero-order valence-electron chi connectivity index (χ0n) is 27.7. The molecule has 0 fully saturated rings. The highest BCUT2D eigenvalue weighted by Crippen LogP contribution is 2.52. The molecule has 2 N–H and O–H groups in total. The number of aliphatic hydroxyl groups is 2. The van der Waals surface area contributed by atoms with Gasteiger partial charge >= 0.3 is 0 Å². The Hall–Kier alpha value is -5.24. The molecule has 0 radical (unpaired) electrons. The van der Waals surface area contributed by atoms with Crippen molar-refractivity contribution in [2.45, 2.75) is 5.41 Å². The molecule has 0 spiro atoms. The third-order valence-electron chi connectivity index (χ3n) is 10.0. The minimum absolute atomic E-state index is 0.0615. The minimum Gasteiger partial charge on any atom is -0.491 e. The fraction of sp³-hybridized carbons (Fsp3) is 0.111. The zero-order valence-corrected chi connectivity index (χ0v) is 29.3. The number of hydrogen-bond donors (Lipinski definition) is 2. The van der Waals surface area contributed by atoms with Gasteiger partial charge in [0, 0.05) is 11.1 Å². The lowest BCUT2D eigenvalue weighted by Gasteiger charge is -2.39. The van der Waals surface area contributed by atoms with Gasteiger partial charge in [0.05, 0.1) is 18.6 Å². The van der Waals surface area contributed by atoms with Gasteiger partial charge < -0.3 is 19.7 Å². The number of hydrogen-bond acceptors (Lipinski definition) is 6. The number of aliphatic hydroxyl groups excluding tert-OH is 2. The molecule has 0 saturated heterocycles. The van der Waals surface area contributed by atoms with Gasteiger partial charge in [-0.1, -0.05) is 78.9 Å². The van der Waals surface area contributed by atoms with E-state index in [0.29, 0.717) is 0 Å². The molecule has 9 rings (SSSR count). The number of rotatable bonds is 10. The van der Waals surface area contributed by atoms with Gasteiger partial charge in [0.2, 0.25) is 0 Å². The highest BCUT2D eigenvalue weighted by atomic mass is 32.1. The Bertz CT molecular complexity index is 2470. The van der Waals surface area contributed by atoms with Gasteiger partial charge in [-0.2, -0.15) is 22.7 Å². The van der Waals surface area contributed by atoms with Crippen LogP contribution in [-0.4, -0.2) is 36.6 Å². The summed E-state index contributed by atoms with van der Waals surface area (Å²) in [7, 11) is 0. The summed E-state index contributed by atoms with van der Waals surface area (Å²) in [5, 5.41) is 32.7. The Morgan fingerprint density at radius 3 is 1.86 bits per heavy atom. The van der Waals surface area contributed by atoms with Gasteiger partial charge in [-0.25, -0.2) is 0 Å². The van der Waals surface area contributed by atoms with Gasteiger partial charge in [0.15, 0.2) is 0 Å². The number of allylic oxidation sites excluding steroid dienone is 2. The summed E-state index contributed by atoms with van der Waals surface area (Å²) in [6.45, 7) is 0.308. The van der Waals surface area contributed by atoms with Crippen molar-refractivity contribution >= 4 is 45.1 Å². The molecule has 6 heteroatoms. The maximum Gasteiger partial charge on any atom is 0.127 e. The number of fused-ring (bicyclic) bond motifs is 6. The van der Waals surface area contributed by atoms with Crippen LogP contribution in [-0.2, 0) is 5.41 Å². The predicted molar refractivity (Wildman–Crippen MR) is 209 cm³/mol. The maximum absolute atomic E-state index is 9.65. The first kappa shape index (κ1) is 31.7. The van der Waals surface area contributed by atoms with E-state index in [2.05, 4.69) is 143 Å². The van der Waals surface area contributed by atoms with Crippen LogP contribution in [0.15, 0.2) is 142 Å². The fourth-order valence-electron chi connectivity index (χ4n) is 7.88. The summed E-state index contributed by atoms with van der Waals surface area (Å²) in [5.41, 5.74) is 10.5. The van der Waals surface area contributed by atoms with E-state index in [0.717, 1.165) is 44.9 Å². The highest BCUT2D eigenvalue weighted by molar-refractivity contribution is 7.08.